The second-order valence-electron chi connectivity index (χ2n) is 11.2. The fourth-order valence-corrected chi connectivity index (χ4v) is 6.08. The molecule has 4 heterocycles. The maximum Gasteiger partial charge on any atom is 0.234 e. The molecule has 2 unspecified atom stereocenters. The van der Waals surface area contributed by atoms with E-state index in [1.807, 2.05) is 4.90 Å². The number of rotatable bonds is 7. The van der Waals surface area contributed by atoms with Crippen LogP contribution in [0.5, 0.6) is 0 Å². The lowest BCUT2D eigenvalue weighted by Crippen LogP contribution is -2.62. The Morgan fingerprint density at radius 2 is 1.87 bits per heavy atom. The second kappa shape index (κ2) is 11.4. The van der Waals surface area contributed by atoms with Gasteiger partial charge in [-0.2, -0.15) is 0 Å². The Morgan fingerprint density at radius 3 is 2.51 bits per heavy atom. The molecular formula is C25H37F2N9O3. The Labute approximate surface area is 226 Å². The highest BCUT2D eigenvalue weighted by Crippen LogP contribution is 2.43. The normalized spacial score (nSPS) is 27.2. The second-order valence-corrected chi connectivity index (χ2v) is 11.2. The minimum atomic E-state index is -1.41. The van der Waals surface area contributed by atoms with Crippen molar-refractivity contribution in [2.75, 3.05) is 63.1 Å². The van der Waals surface area contributed by atoms with Crippen LogP contribution in [0.3, 0.4) is 0 Å². The number of nitrogens with one attached hydrogen (secondary N) is 3. The number of halogens is 2. The van der Waals surface area contributed by atoms with E-state index in [0.717, 1.165) is 38.7 Å². The molecule has 1 aromatic heterocycles. The number of amides is 2. The summed E-state index contributed by atoms with van der Waals surface area (Å²) in [7, 11) is 2.12. The van der Waals surface area contributed by atoms with E-state index in [9.17, 15) is 18.9 Å². The molecule has 4 aliphatic rings. The average Bonchev–Trinajstić information content (AvgIpc) is 3.71. The fraction of sp³-hybridized carbons (Fsp3) is 0.720. The predicted molar refractivity (Wildman–Crippen MR) is 141 cm³/mol. The van der Waals surface area contributed by atoms with Crippen LogP contribution in [-0.4, -0.2) is 104 Å². The van der Waals surface area contributed by atoms with Gasteiger partial charge in [-0.15, -0.1) is 4.91 Å². The van der Waals surface area contributed by atoms with Crippen LogP contribution in [0.25, 0.3) is 0 Å². The van der Waals surface area contributed by atoms with Gasteiger partial charge in [0, 0.05) is 57.3 Å². The number of alkyl halides is 1. The highest BCUT2D eigenvalue weighted by molar-refractivity contribution is 5.96. The molecule has 12 nitrogen and oxygen atoms in total. The quantitative estimate of drug-likeness (QED) is 0.350. The first-order valence-electron chi connectivity index (χ1n) is 13.6. The highest BCUT2D eigenvalue weighted by Gasteiger charge is 2.51. The van der Waals surface area contributed by atoms with Crippen molar-refractivity contribution in [1.29, 1.82) is 0 Å². The Kier molecular flexibility index (Phi) is 8.08. The first-order valence-corrected chi connectivity index (χ1v) is 13.6. The number of aromatic nitrogens is 1. The molecule has 0 radical (unpaired) electrons. The van der Waals surface area contributed by atoms with Crippen LogP contribution in [0.2, 0.25) is 0 Å². The largest absolute Gasteiger partial charge is 0.367 e. The van der Waals surface area contributed by atoms with Gasteiger partial charge in [-0.1, -0.05) is 5.18 Å². The molecule has 2 atom stereocenters. The molecule has 3 saturated heterocycles. The number of carbonyl (C=O) groups is 2. The summed E-state index contributed by atoms with van der Waals surface area (Å²) in [5.41, 5.74) is 6.27. The summed E-state index contributed by atoms with van der Waals surface area (Å²) in [6.45, 7) is 3.21. The number of carbonyl (C=O) groups excluding carboxylic acids is 2. The van der Waals surface area contributed by atoms with Crippen molar-refractivity contribution in [3.63, 3.8) is 0 Å². The zero-order valence-electron chi connectivity index (χ0n) is 22.1. The van der Waals surface area contributed by atoms with Crippen molar-refractivity contribution < 1.29 is 18.4 Å². The molecule has 39 heavy (non-hydrogen) atoms. The Bertz CT molecular complexity index is 1070. The number of pyridine rings is 1. The zero-order valence-corrected chi connectivity index (χ0v) is 22.1. The summed E-state index contributed by atoms with van der Waals surface area (Å²) in [4.78, 5) is 47.8. The maximum atomic E-state index is 15.1. The SMILES string of the molecule is CN1CCN(C(=O)C2CCN(c3c(F)cncc3NC(=O)C(C(N)N=O)C3NCC(F)CN3)CC2)CC12CC2. The molecule has 5 rings (SSSR count). The van der Waals surface area contributed by atoms with E-state index in [4.69, 9.17) is 5.73 Å². The van der Waals surface area contributed by atoms with Crippen LogP contribution in [-0.2, 0) is 9.59 Å². The van der Waals surface area contributed by atoms with Gasteiger partial charge >= 0.3 is 0 Å². The Morgan fingerprint density at radius 1 is 1.18 bits per heavy atom. The number of hydrogen-bond acceptors (Lipinski definition) is 10. The molecule has 1 aromatic rings. The topological polar surface area (TPSA) is 148 Å². The minimum Gasteiger partial charge on any atom is -0.367 e. The van der Waals surface area contributed by atoms with Crippen molar-refractivity contribution in [1.82, 2.24) is 25.4 Å². The number of anilines is 2. The fourth-order valence-electron chi connectivity index (χ4n) is 6.08. The van der Waals surface area contributed by atoms with Gasteiger partial charge < -0.3 is 20.9 Å². The average molecular weight is 550 g/mol. The van der Waals surface area contributed by atoms with Gasteiger partial charge in [0.25, 0.3) is 0 Å². The third kappa shape index (κ3) is 5.74. The number of piperazine rings is 1. The van der Waals surface area contributed by atoms with E-state index in [1.54, 1.807) is 4.90 Å². The van der Waals surface area contributed by atoms with Gasteiger partial charge in [-0.25, -0.2) is 8.78 Å². The van der Waals surface area contributed by atoms with Crippen molar-refractivity contribution in [3.8, 4) is 0 Å². The molecule has 5 N–H and O–H groups in total. The van der Waals surface area contributed by atoms with Crippen LogP contribution >= 0.6 is 0 Å². The van der Waals surface area contributed by atoms with Crippen molar-refractivity contribution in [3.05, 3.63) is 23.1 Å². The highest BCUT2D eigenvalue weighted by atomic mass is 19.1. The van der Waals surface area contributed by atoms with Crippen molar-refractivity contribution in [2.24, 2.45) is 22.7 Å². The molecule has 2 amide bonds. The zero-order chi connectivity index (χ0) is 27.7. The van der Waals surface area contributed by atoms with E-state index >= 15 is 4.39 Å². The van der Waals surface area contributed by atoms with Crippen LogP contribution in [0.15, 0.2) is 17.6 Å². The van der Waals surface area contributed by atoms with Crippen LogP contribution in [0.4, 0.5) is 20.2 Å². The number of hydrogen-bond donors (Lipinski definition) is 4. The lowest BCUT2D eigenvalue weighted by Gasteiger charge is -2.42. The van der Waals surface area contributed by atoms with Gasteiger partial charge in [0.15, 0.2) is 12.0 Å². The van der Waals surface area contributed by atoms with E-state index in [-0.39, 0.29) is 41.8 Å². The molecule has 0 bridgehead atoms. The summed E-state index contributed by atoms with van der Waals surface area (Å²) < 4.78 is 28.7. The number of likely N-dealkylation sites (N-methyl/N-ethyl adjacent to an activating group) is 1. The molecule has 1 spiro atoms. The third-order valence-corrected chi connectivity index (χ3v) is 8.70. The summed E-state index contributed by atoms with van der Waals surface area (Å²) in [6, 6.07) is 0. The van der Waals surface area contributed by atoms with Crippen LogP contribution < -0.4 is 26.6 Å². The minimum absolute atomic E-state index is 0.0113. The van der Waals surface area contributed by atoms with E-state index in [1.165, 1.54) is 6.20 Å². The number of piperidine rings is 1. The van der Waals surface area contributed by atoms with E-state index in [2.05, 4.69) is 38.1 Å². The molecule has 3 aliphatic heterocycles. The smallest absolute Gasteiger partial charge is 0.234 e. The van der Waals surface area contributed by atoms with E-state index < -0.39 is 36.1 Å². The molecular weight excluding hydrogens is 512 g/mol. The number of nitroso groups, excluding NO2 is 1. The maximum absolute atomic E-state index is 15.1. The molecule has 4 fully saturated rings. The molecule has 0 aromatic carbocycles. The van der Waals surface area contributed by atoms with Gasteiger partial charge in [0.1, 0.15) is 17.8 Å². The molecule has 1 aliphatic carbocycles. The summed E-state index contributed by atoms with van der Waals surface area (Å²) in [5, 5.41) is 11.1. The monoisotopic (exact) mass is 549 g/mol. The van der Waals surface area contributed by atoms with Crippen LogP contribution in [0, 0.1) is 22.6 Å². The van der Waals surface area contributed by atoms with E-state index in [0.29, 0.717) is 25.9 Å². The van der Waals surface area contributed by atoms with Crippen molar-refractivity contribution >= 4 is 23.2 Å². The van der Waals surface area contributed by atoms with Crippen LogP contribution in [0.1, 0.15) is 25.7 Å². The van der Waals surface area contributed by atoms with Gasteiger partial charge in [-0.05, 0) is 32.7 Å². The first kappa shape index (κ1) is 27.7. The Balaban J connectivity index is 1.25. The summed E-state index contributed by atoms with van der Waals surface area (Å²) >= 11 is 0. The van der Waals surface area contributed by atoms with Gasteiger partial charge in [0.2, 0.25) is 11.8 Å². The molecule has 14 heteroatoms. The summed E-state index contributed by atoms with van der Waals surface area (Å²) in [5.74, 6) is -2.43. The number of nitrogens with zero attached hydrogens (tertiary/aromatic N) is 5. The lowest BCUT2D eigenvalue weighted by molar-refractivity contribution is -0.139. The standard InChI is InChI=1S/C25H37F2N9O3/c1-34-8-9-36(14-25(34)4-5-25)24(38)15-2-6-35(7-3-15)20-17(27)12-29-13-18(20)32-23(37)19(21(28)33-39)22-30-10-16(26)11-31-22/h12-13,15-16,19,21-22,30-31H,2-11,14,28H2,1H3,(H,32,37). The number of nitrogens with two attached hydrogens (primary N) is 1. The van der Waals surface area contributed by atoms with Gasteiger partial charge in [0.05, 0.1) is 24.2 Å². The summed E-state index contributed by atoms with van der Waals surface area (Å²) in [6.07, 6.45) is 2.44. The Hall–Kier alpha value is -2.81. The predicted octanol–water partition coefficient (Wildman–Crippen LogP) is 0.207. The van der Waals surface area contributed by atoms with Crippen molar-refractivity contribution in [2.45, 2.75) is 49.7 Å². The lowest BCUT2D eigenvalue weighted by atomic mass is 9.94. The first-order chi connectivity index (χ1) is 18.7. The molecule has 1 saturated carbocycles. The van der Waals surface area contributed by atoms with Gasteiger partial charge in [-0.3, -0.25) is 30.1 Å². The molecule has 214 valence electrons. The third-order valence-electron chi connectivity index (χ3n) is 8.70.